The molecular formula is C4H6O3S. The minimum absolute atomic E-state index is 0.0265. The molecule has 8 heavy (non-hydrogen) atoms. The van der Waals surface area contributed by atoms with Crippen LogP contribution in [-0.2, 0) is 15.9 Å². The van der Waals surface area contributed by atoms with Crippen LogP contribution >= 0.6 is 0 Å². The van der Waals surface area contributed by atoms with Crippen LogP contribution in [0.5, 0.6) is 0 Å². The Hall–Kier alpha value is -0.480. The van der Waals surface area contributed by atoms with Gasteiger partial charge >= 0.3 is 0 Å². The van der Waals surface area contributed by atoms with Crippen molar-refractivity contribution in [2.75, 3.05) is 5.75 Å². The zero-order chi connectivity index (χ0) is 6.41. The van der Waals surface area contributed by atoms with Gasteiger partial charge in [-0.05, 0) is 6.08 Å². The van der Waals surface area contributed by atoms with E-state index in [2.05, 4.69) is 0 Å². The number of carbonyl (C=O) groups is 1. The van der Waals surface area contributed by atoms with Crippen LogP contribution < -0.4 is 0 Å². The highest BCUT2D eigenvalue weighted by atomic mass is 32.2. The lowest BCUT2D eigenvalue weighted by atomic mass is 10.6. The van der Waals surface area contributed by atoms with Gasteiger partial charge in [0.05, 0.1) is 5.75 Å². The molecule has 3 nitrogen and oxygen atoms in total. The molecule has 1 N–H and O–H groups in total. The van der Waals surface area contributed by atoms with Gasteiger partial charge in [-0.25, -0.2) is 4.21 Å². The van der Waals surface area contributed by atoms with Crippen molar-refractivity contribution >= 4 is 17.4 Å². The number of hydrogen-bond acceptors (Lipinski definition) is 2. The highest BCUT2D eigenvalue weighted by molar-refractivity contribution is 7.79. The molecule has 0 bridgehead atoms. The Morgan fingerprint density at radius 2 is 2.25 bits per heavy atom. The topological polar surface area (TPSA) is 54.4 Å². The Morgan fingerprint density at radius 1 is 1.62 bits per heavy atom. The van der Waals surface area contributed by atoms with Crippen molar-refractivity contribution < 1.29 is 13.6 Å². The summed E-state index contributed by atoms with van der Waals surface area (Å²) in [6, 6.07) is 0. The lowest BCUT2D eigenvalue weighted by Crippen LogP contribution is -1.88. The van der Waals surface area contributed by atoms with E-state index in [1.54, 1.807) is 0 Å². The van der Waals surface area contributed by atoms with Gasteiger partial charge in [0.15, 0.2) is 11.1 Å². The second-order valence-electron chi connectivity index (χ2n) is 1.05. The third-order valence-electron chi connectivity index (χ3n) is 0.453. The van der Waals surface area contributed by atoms with Crippen LogP contribution in [0.2, 0.25) is 0 Å². The van der Waals surface area contributed by atoms with E-state index in [4.69, 9.17) is 4.55 Å². The van der Waals surface area contributed by atoms with Gasteiger partial charge in [0.25, 0.3) is 0 Å². The number of aldehydes is 1. The third kappa shape index (κ3) is 5.52. The number of carbonyl (C=O) groups excluding carboxylic acids is 1. The largest absolute Gasteiger partial charge is 0.306 e. The van der Waals surface area contributed by atoms with Crippen LogP contribution in [0, 0.1) is 0 Å². The summed E-state index contributed by atoms with van der Waals surface area (Å²) < 4.78 is 17.9. The summed E-state index contributed by atoms with van der Waals surface area (Å²) >= 11 is -1.81. The molecule has 0 radical (unpaired) electrons. The third-order valence-corrected chi connectivity index (χ3v) is 0.931. The Labute approximate surface area is 49.7 Å². The van der Waals surface area contributed by atoms with Gasteiger partial charge < -0.3 is 4.55 Å². The Balaban J connectivity index is 3.29. The first kappa shape index (κ1) is 7.52. The van der Waals surface area contributed by atoms with Crippen LogP contribution in [-0.4, -0.2) is 20.8 Å². The van der Waals surface area contributed by atoms with Crippen LogP contribution in [0.25, 0.3) is 0 Å². The fourth-order valence-electron chi connectivity index (χ4n) is 0.193. The summed E-state index contributed by atoms with van der Waals surface area (Å²) in [5, 5.41) is 0. The smallest absolute Gasteiger partial charge is 0.156 e. The van der Waals surface area contributed by atoms with Crippen molar-refractivity contribution in [2.24, 2.45) is 0 Å². The van der Waals surface area contributed by atoms with E-state index < -0.39 is 11.1 Å². The van der Waals surface area contributed by atoms with E-state index >= 15 is 0 Å². The van der Waals surface area contributed by atoms with E-state index in [1.807, 2.05) is 0 Å². The molecule has 0 heterocycles. The fourth-order valence-corrected chi connectivity index (χ4v) is 0.469. The highest BCUT2D eigenvalue weighted by Gasteiger charge is 1.82. The van der Waals surface area contributed by atoms with Gasteiger partial charge in [-0.1, -0.05) is 6.08 Å². The van der Waals surface area contributed by atoms with Crippen LogP contribution in [0.3, 0.4) is 0 Å². The molecule has 0 aliphatic heterocycles. The molecule has 0 aliphatic carbocycles. The predicted molar refractivity (Wildman–Crippen MR) is 30.8 cm³/mol. The van der Waals surface area contributed by atoms with Crippen LogP contribution in [0.1, 0.15) is 0 Å². The van der Waals surface area contributed by atoms with Gasteiger partial charge in [-0.3, -0.25) is 4.79 Å². The maximum Gasteiger partial charge on any atom is 0.156 e. The highest BCUT2D eigenvalue weighted by Crippen LogP contribution is 1.73. The van der Waals surface area contributed by atoms with E-state index in [0.717, 1.165) is 0 Å². The zero-order valence-electron chi connectivity index (χ0n) is 4.11. The molecule has 0 saturated heterocycles. The summed E-state index contributed by atoms with van der Waals surface area (Å²) in [6.07, 6.45) is 3.09. The van der Waals surface area contributed by atoms with Crippen LogP contribution in [0.15, 0.2) is 12.2 Å². The first-order chi connectivity index (χ1) is 3.77. The van der Waals surface area contributed by atoms with Gasteiger partial charge in [0.2, 0.25) is 0 Å². The molecule has 0 aromatic rings. The summed E-state index contributed by atoms with van der Waals surface area (Å²) in [7, 11) is 0. The van der Waals surface area contributed by atoms with Crippen molar-refractivity contribution in [3.05, 3.63) is 12.2 Å². The molecule has 0 aromatic carbocycles. The minimum atomic E-state index is -1.81. The summed E-state index contributed by atoms with van der Waals surface area (Å²) in [4.78, 5) is 9.52. The van der Waals surface area contributed by atoms with Crippen molar-refractivity contribution in [3.8, 4) is 0 Å². The normalized spacial score (nSPS) is 14.1. The fraction of sp³-hybridized carbons (Fsp3) is 0.250. The Kier molecular flexibility index (Phi) is 4.39. The van der Waals surface area contributed by atoms with Crippen molar-refractivity contribution in [1.82, 2.24) is 0 Å². The van der Waals surface area contributed by atoms with Gasteiger partial charge in [0.1, 0.15) is 6.29 Å². The molecule has 1 atom stereocenters. The van der Waals surface area contributed by atoms with Crippen molar-refractivity contribution in [1.29, 1.82) is 0 Å². The molecular weight excluding hydrogens is 128 g/mol. The molecule has 1 unspecified atom stereocenters. The average molecular weight is 134 g/mol. The lowest BCUT2D eigenvalue weighted by Gasteiger charge is -1.78. The summed E-state index contributed by atoms with van der Waals surface area (Å²) in [5.41, 5.74) is 0. The number of allylic oxidation sites excluding steroid dienone is 1. The molecule has 0 fully saturated rings. The monoisotopic (exact) mass is 134 g/mol. The van der Waals surface area contributed by atoms with E-state index in [1.165, 1.54) is 12.2 Å². The molecule has 46 valence electrons. The molecule has 4 heteroatoms. The van der Waals surface area contributed by atoms with E-state index in [9.17, 15) is 9.00 Å². The Bertz CT molecular complexity index is 118. The van der Waals surface area contributed by atoms with Crippen LogP contribution in [0.4, 0.5) is 0 Å². The average Bonchev–Trinajstić information content (AvgIpc) is 1.66. The summed E-state index contributed by atoms with van der Waals surface area (Å²) in [5.74, 6) is 0.0265. The standard InChI is InChI=1S/C4H6O3S/c5-3-1-2-4-8(6)7/h1-3H,4H2,(H,6,7). The van der Waals surface area contributed by atoms with E-state index in [0.29, 0.717) is 6.29 Å². The van der Waals surface area contributed by atoms with Crippen molar-refractivity contribution in [2.45, 2.75) is 0 Å². The van der Waals surface area contributed by atoms with Gasteiger partial charge in [0, 0.05) is 0 Å². The number of hydrogen-bond donors (Lipinski definition) is 1. The Morgan fingerprint density at radius 3 is 2.62 bits per heavy atom. The zero-order valence-corrected chi connectivity index (χ0v) is 4.93. The molecule has 0 aliphatic rings. The lowest BCUT2D eigenvalue weighted by molar-refractivity contribution is -0.104. The predicted octanol–water partition coefficient (Wildman–Crippen LogP) is -0.0368. The quantitative estimate of drug-likeness (QED) is 0.335. The maximum atomic E-state index is 9.82. The molecule has 0 saturated carbocycles. The van der Waals surface area contributed by atoms with Gasteiger partial charge in [-0.15, -0.1) is 0 Å². The molecule has 0 spiro atoms. The molecule has 0 aromatic heterocycles. The van der Waals surface area contributed by atoms with Crippen molar-refractivity contribution in [3.63, 3.8) is 0 Å². The van der Waals surface area contributed by atoms with Gasteiger partial charge in [-0.2, -0.15) is 0 Å². The maximum absolute atomic E-state index is 9.82. The molecule has 0 amide bonds. The first-order valence-electron chi connectivity index (χ1n) is 1.95. The first-order valence-corrected chi connectivity index (χ1v) is 3.22. The summed E-state index contributed by atoms with van der Waals surface area (Å²) in [6.45, 7) is 0. The second kappa shape index (κ2) is 4.67. The SMILES string of the molecule is O=CC=CCS(=O)O. The minimum Gasteiger partial charge on any atom is -0.306 e. The van der Waals surface area contributed by atoms with E-state index in [-0.39, 0.29) is 5.75 Å². The second-order valence-corrected chi connectivity index (χ2v) is 2.03. The number of rotatable bonds is 3. The molecule has 0 rings (SSSR count).